The van der Waals surface area contributed by atoms with Gasteiger partial charge in [-0.2, -0.15) is 4.58 Å². The highest BCUT2D eigenvalue weighted by Gasteiger charge is 2.26. The summed E-state index contributed by atoms with van der Waals surface area (Å²) in [4.78, 5) is 0. The zero-order valence-electron chi connectivity index (χ0n) is 13.1. The molecule has 0 amide bonds. The third-order valence-corrected chi connectivity index (χ3v) is 4.72. The van der Waals surface area contributed by atoms with Crippen LogP contribution in [-0.4, -0.2) is 17.3 Å². The zero-order valence-corrected chi connectivity index (χ0v) is 13.1. The largest absolute Gasteiger partial charge is 0.209 e. The van der Waals surface area contributed by atoms with Crippen molar-refractivity contribution in [1.29, 1.82) is 0 Å². The molecule has 0 bridgehead atoms. The maximum absolute atomic E-state index is 2.33. The predicted molar refractivity (Wildman–Crippen MR) is 94.1 cm³/mol. The first-order valence-electron chi connectivity index (χ1n) is 7.87. The average Bonchev–Trinajstić information content (AvgIpc) is 3.09. The molecule has 2 aliphatic rings. The molecule has 0 fully saturated rings. The van der Waals surface area contributed by atoms with Crippen molar-refractivity contribution in [2.75, 3.05) is 7.05 Å². The Morgan fingerprint density at radius 1 is 0.955 bits per heavy atom. The highest BCUT2D eigenvalue weighted by atomic mass is 15.0. The van der Waals surface area contributed by atoms with Crippen LogP contribution in [0.3, 0.4) is 0 Å². The number of fused-ring (bicyclic) bond motifs is 3. The molecule has 0 saturated carbocycles. The second-order valence-corrected chi connectivity index (χ2v) is 6.28. The van der Waals surface area contributed by atoms with Crippen LogP contribution in [0.15, 0.2) is 71.8 Å². The fourth-order valence-corrected chi connectivity index (χ4v) is 3.46. The van der Waals surface area contributed by atoms with E-state index in [1.165, 1.54) is 38.9 Å². The van der Waals surface area contributed by atoms with Gasteiger partial charge in [0.15, 0.2) is 5.71 Å². The Balaban J connectivity index is 1.68. The highest BCUT2D eigenvalue weighted by Crippen LogP contribution is 2.32. The van der Waals surface area contributed by atoms with E-state index in [0.29, 0.717) is 0 Å². The van der Waals surface area contributed by atoms with E-state index in [2.05, 4.69) is 79.2 Å². The molecule has 0 aromatic heterocycles. The summed E-state index contributed by atoms with van der Waals surface area (Å²) in [6.07, 6.45) is 11.1. The van der Waals surface area contributed by atoms with E-state index < -0.39 is 0 Å². The Labute approximate surface area is 131 Å². The molecule has 0 spiro atoms. The number of nitrogens with zero attached hydrogens (tertiary/aromatic N) is 1. The number of allylic oxidation sites excluding steroid dienone is 6. The summed E-state index contributed by atoms with van der Waals surface area (Å²) in [5.74, 6) is 0. The highest BCUT2D eigenvalue weighted by molar-refractivity contribution is 6.01. The summed E-state index contributed by atoms with van der Waals surface area (Å²) in [5, 5.41) is 2.71. The quantitative estimate of drug-likeness (QED) is 0.688. The standard InChI is InChI=1S/C21H20N/c1-15-7-8-16(13-15)9-11-18-14-20-19-6-4-3-5-17(19)10-12-21(20)22(18)2/h3-12H,13-14H2,1-2H3/q+1. The molecule has 0 N–H and O–H groups in total. The molecule has 0 radical (unpaired) electrons. The minimum atomic E-state index is 1.02. The molecule has 22 heavy (non-hydrogen) atoms. The van der Waals surface area contributed by atoms with E-state index in [0.717, 1.165) is 12.8 Å². The van der Waals surface area contributed by atoms with Crippen molar-refractivity contribution in [2.24, 2.45) is 0 Å². The molecule has 2 aromatic rings. The van der Waals surface area contributed by atoms with Gasteiger partial charge in [-0.3, -0.25) is 0 Å². The Kier molecular flexibility index (Phi) is 3.07. The molecule has 2 aromatic carbocycles. The van der Waals surface area contributed by atoms with Crippen molar-refractivity contribution in [3.63, 3.8) is 0 Å². The maximum atomic E-state index is 2.33. The van der Waals surface area contributed by atoms with Crippen LogP contribution in [0.4, 0.5) is 5.69 Å². The smallest absolute Gasteiger partial charge is 0.198 e. The normalized spacial score (nSPS) is 17.4. The Hall–Kier alpha value is -2.41. The Morgan fingerprint density at radius 3 is 2.64 bits per heavy atom. The van der Waals surface area contributed by atoms with Crippen LogP contribution in [0.1, 0.15) is 18.9 Å². The predicted octanol–water partition coefficient (Wildman–Crippen LogP) is 4.94. The van der Waals surface area contributed by atoms with Crippen molar-refractivity contribution >= 4 is 22.2 Å². The lowest BCUT2D eigenvalue weighted by Crippen LogP contribution is -2.05. The fraction of sp³-hybridized carbons (Fsp3) is 0.190. The van der Waals surface area contributed by atoms with Crippen molar-refractivity contribution in [3.8, 4) is 0 Å². The lowest BCUT2D eigenvalue weighted by atomic mass is 10.0. The molecule has 0 atom stereocenters. The second-order valence-electron chi connectivity index (χ2n) is 6.28. The van der Waals surface area contributed by atoms with Gasteiger partial charge in [0.05, 0.1) is 6.42 Å². The topological polar surface area (TPSA) is 3.01 Å². The average molecular weight is 286 g/mol. The van der Waals surface area contributed by atoms with Crippen LogP contribution in [0.2, 0.25) is 0 Å². The fourth-order valence-electron chi connectivity index (χ4n) is 3.46. The van der Waals surface area contributed by atoms with Gasteiger partial charge >= 0.3 is 0 Å². The molecule has 4 rings (SSSR count). The van der Waals surface area contributed by atoms with E-state index in [-0.39, 0.29) is 0 Å². The van der Waals surface area contributed by atoms with Crippen LogP contribution < -0.4 is 0 Å². The van der Waals surface area contributed by atoms with Gasteiger partial charge < -0.3 is 0 Å². The molecule has 1 aliphatic heterocycles. The molecule has 108 valence electrons. The third-order valence-electron chi connectivity index (χ3n) is 4.72. The van der Waals surface area contributed by atoms with Gasteiger partial charge in [-0.25, -0.2) is 0 Å². The van der Waals surface area contributed by atoms with Gasteiger partial charge in [-0.05, 0) is 35.8 Å². The maximum Gasteiger partial charge on any atom is 0.209 e. The van der Waals surface area contributed by atoms with Crippen molar-refractivity contribution in [2.45, 2.75) is 19.8 Å². The van der Waals surface area contributed by atoms with Gasteiger partial charge in [-0.1, -0.05) is 48.1 Å². The zero-order chi connectivity index (χ0) is 15.1. The monoisotopic (exact) mass is 286 g/mol. The first-order valence-corrected chi connectivity index (χ1v) is 7.87. The minimum absolute atomic E-state index is 1.02. The molecule has 1 heteroatoms. The third kappa shape index (κ3) is 2.14. The van der Waals surface area contributed by atoms with E-state index in [4.69, 9.17) is 0 Å². The van der Waals surface area contributed by atoms with E-state index in [1.807, 2.05) is 0 Å². The van der Waals surface area contributed by atoms with Crippen molar-refractivity contribution in [3.05, 3.63) is 77.4 Å². The summed E-state index contributed by atoms with van der Waals surface area (Å²) in [5.41, 5.74) is 7.01. The van der Waals surface area contributed by atoms with Crippen LogP contribution >= 0.6 is 0 Å². The van der Waals surface area contributed by atoms with Gasteiger partial charge in [-0.15, -0.1) is 0 Å². The molecule has 1 heterocycles. The molecular weight excluding hydrogens is 266 g/mol. The summed E-state index contributed by atoms with van der Waals surface area (Å²) in [7, 11) is 2.17. The molecule has 0 saturated heterocycles. The first kappa shape index (κ1) is 13.3. The number of hydrogen-bond acceptors (Lipinski definition) is 0. The number of benzene rings is 2. The van der Waals surface area contributed by atoms with E-state index >= 15 is 0 Å². The Bertz CT molecular complexity index is 891. The van der Waals surface area contributed by atoms with Crippen molar-refractivity contribution in [1.82, 2.24) is 0 Å². The summed E-state index contributed by atoms with van der Waals surface area (Å²) in [6, 6.07) is 13.2. The number of rotatable bonds is 2. The molecular formula is C21H20N+. The SMILES string of the molecule is CC1=CC=C(C=CC2=[N+](C)c3ccc4ccccc4c3C2)C1. The van der Waals surface area contributed by atoms with E-state index in [9.17, 15) is 0 Å². The van der Waals surface area contributed by atoms with Crippen molar-refractivity contribution < 1.29 is 4.58 Å². The lowest BCUT2D eigenvalue weighted by molar-refractivity contribution is -0.400. The molecule has 1 aliphatic carbocycles. The van der Waals surface area contributed by atoms with Gasteiger partial charge in [0, 0.05) is 17.7 Å². The van der Waals surface area contributed by atoms with Crippen LogP contribution in [0, 0.1) is 0 Å². The Morgan fingerprint density at radius 2 is 1.82 bits per heavy atom. The van der Waals surface area contributed by atoms with Gasteiger partial charge in [0.2, 0.25) is 5.69 Å². The molecule has 1 nitrogen and oxygen atoms in total. The summed E-state index contributed by atoms with van der Waals surface area (Å²) < 4.78 is 2.33. The van der Waals surface area contributed by atoms with Crippen LogP contribution in [0.25, 0.3) is 10.8 Å². The molecule has 0 unspecified atom stereocenters. The van der Waals surface area contributed by atoms with E-state index in [1.54, 1.807) is 0 Å². The second kappa shape index (κ2) is 5.10. The summed E-state index contributed by atoms with van der Waals surface area (Å²) >= 11 is 0. The number of hydrogen-bond donors (Lipinski definition) is 0. The van der Waals surface area contributed by atoms with Gasteiger partial charge in [0.25, 0.3) is 0 Å². The van der Waals surface area contributed by atoms with Crippen LogP contribution in [-0.2, 0) is 6.42 Å². The lowest BCUT2D eigenvalue weighted by Gasteiger charge is -2.01. The first-order chi connectivity index (χ1) is 10.7. The van der Waals surface area contributed by atoms with Crippen LogP contribution in [0.5, 0.6) is 0 Å². The van der Waals surface area contributed by atoms with Gasteiger partial charge in [0.1, 0.15) is 7.05 Å². The minimum Gasteiger partial charge on any atom is -0.198 e. The summed E-state index contributed by atoms with van der Waals surface area (Å²) in [6.45, 7) is 2.19.